The normalized spacial score (nSPS) is 11.8. The summed E-state index contributed by atoms with van der Waals surface area (Å²) in [5.74, 6) is 0.355. The molecule has 0 aliphatic rings. The highest BCUT2D eigenvalue weighted by molar-refractivity contribution is 6.41. The zero-order chi connectivity index (χ0) is 15.6. The van der Waals surface area contributed by atoms with Crippen LogP contribution in [0, 0.1) is 13.8 Å². The van der Waals surface area contributed by atoms with Gasteiger partial charge in [-0.1, -0.05) is 29.3 Å². The molecule has 0 bridgehead atoms. The Kier molecular flexibility index (Phi) is 4.80. The molecular formula is C15H18Cl2N4. The SMILES string of the molecule is Cc1cc(C)cc(NC(N)=NCc2cc(Cl)c(Cl)n2C)c1. The second-order valence-electron chi connectivity index (χ2n) is 5.04. The number of guanidine groups is 1. The van der Waals surface area contributed by atoms with Crippen LogP contribution in [0.1, 0.15) is 16.8 Å². The molecule has 0 amide bonds. The van der Waals surface area contributed by atoms with Gasteiger partial charge in [-0.25, -0.2) is 4.99 Å². The number of benzene rings is 1. The molecule has 112 valence electrons. The van der Waals surface area contributed by atoms with Gasteiger partial charge in [0.15, 0.2) is 5.96 Å². The molecule has 0 spiro atoms. The van der Waals surface area contributed by atoms with Gasteiger partial charge in [-0.3, -0.25) is 0 Å². The summed E-state index contributed by atoms with van der Waals surface area (Å²) in [6, 6.07) is 7.93. The van der Waals surface area contributed by atoms with Crippen LogP contribution in [0.2, 0.25) is 10.2 Å². The first-order valence-electron chi connectivity index (χ1n) is 6.51. The van der Waals surface area contributed by atoms with E-state index in [1.165, 1.54) is 11.1 Å². The molecule has 3 N–H and O–H groups in total. The molecule has 2 aromatic rings. The lowest BCUT2D eigenvalue weighted by Gasteiger charge is -2.08. The number of nitrogens with one attached hydrogen (secondary N) is 1. The zero-order valence-corrected chi connectivity index (χ0v) is 13.8. The predicted octanol–water partition coefficient (Wildman–Crippen LogP) is 3.88. The van der Waals surface area contributed by atoms with Crippen molar-refractivity contribution < 1.29 is 0 Å². The molecule has 21 heavy (non-hydrogen) atoms. The number of anilines is 1. The van der Waals surface area contributed by atoms with Crippen molar-refractivity contribution in [3.05, 3.63) is 51.3 Å². The quantitative estimate of drug-likeness (QED) is 0.665. The first-order chi connectivity index (χ1) is 9.86. The van der Waals surface area contributed by atoms with Crippen molar-refractivity contribution in [1.82, 2.24) is 4.57 Å². The van der Waals surface area contributed by atoms with Crippen molar-refractivity contribution in [2.24, 2.45) is 17.8 Å². The summed E-state index contributed by atoms with van der Waals surface area (Å²) in [5, 5.41) is 4.11. The molecule has 0 saturated carbocycles. The molecule has 0 unspecified atom stereocenters. The number of aryl methyl sites for hydroxylation is 2. The Labute approximate surface area is 134 Å². The van der Waals surface area contributed by atoms with Crippen LogP contribution >= 0.6 is 23.2 Å². The molecule has 2 rings (SSSR count). The number of nitrogens with zero attached hydrogens (tertiary/aromatic N) is 2. The van der Waals surface area contributed by atoms with Crippen LogP contribution in [-0.2, 0) is 13.6 Å². The number of aliphatic imine (C=N–C) groups is 1. The van der Waals surface area contributed by atoms with E-state index in [-0.39, 0.29) is 0 Å². The number of halogens is 2. The Morgan fingerprint density at radius 1 is 1.19 bits per heavy atom. The maximum Gasteiger partial charge on any atom is 0.193 e. The molecule has 6 heteroatoms. The van der Waals surface area contributed by atoms with Crippen LogP contribution in [0.3, 0.4) is 0 Å². The standard InChI is InChI=1S/C15H18Cl2N4/c1-9-4-10(2)6-11(5-9)20-15(18)19-8-12-7-13(16)14(17)21(12)3/h4-7H,8H2,1-3H3,(H3,18,19,20). The number of aromatic nitrogens is 1. The van der Waals surface area contributed by atoms with Crippen molar-refractivity contribution in [2.45, 2.75) is 20.4 Å². The Balaban J connectivity index is 2.09. The molecule has 1 aromatic heterocycles. The van der Waals surface area contributed by atoms with Gasteiger partial charge in [-0.2, -0.15) is 0 Å². The Hall–Kier alpha value is -1.65. The highest BCUT2D eigenvalue weighted by Crippen LogP contribution is 2.25. The third-order valence-electron chi connectivity index (χ3n) is 3.12. The molecule has 0 atom stereocenters. The van der Waals surface area contributed by atoms with E-state index in [4.69, 9.17) is 28.9 Å². The fourth-order valence-electron chi connectivity index (χ4n) is 2.14. The smallest absolute Gasteiger partial charge is 0.193 e. The van der Waals surface area contributed by atoms with Crippen molar-refractivity contribution in [2.75, 3.05) is 5.32 Å². The van der Waals surface area contributed by atoms with Gasteiger partial charge < -0.3 is 15.6 Å². The van der Waals surface area contributed by atoms with Crippen LogP contribution in [0.5, 0.6) is 0 Å². The molecule has 4 nitrogen and oxygen atoms in total. The first-order valence-corrected chi connectivity index (χ1v) is 7.27. The summed E-state index contributed by atoms with van der Waals surface area (Å²) in [7, 11) is 1.84. The van der Waals surface area contributed by atoms with Gasteiger partial charge in [0.05, 0.1) is 11.6 Å². The lowest BCUT2D eigenvalue weighted by molar-refractivity contribution is 0.825. The molecule has 0 saturated heterocycles. The fourth-order valence-corrected chi connectivity index (χ4v) is 2.56. The molecule has 1 aromatic carbocycles. The summed E-state index contributed by atoms with van der Waals surface area (Å²) >= 11 is 12.0. The monoisotopic (exact) mass is 324 g/mol. The molecule has 0 aliphatic heterocycles. The number of nitrogens with two attached hydrogens (primary N) is 1. The van der Waals surface area contributed by atoms with Gasteiger partial charge >= 0.3 is 0 Å². The largest absolute Gasteiger partial charge is 0.370 e. The summed E-state index contributed by atoms with van der Waals surface area (Å²) in [6.45, 7) is 4.49. The molecular weight excluding hydrogens is 307 g/mol. The molecule has 1 heterocycles. The summed E-state index contributed by atoms with van der Waals surface area (Å²) in [6.07, 6.45) is 0. The maximum absolute atomic E-state index is 6.01. The average molecular weight is 325 g/mol. The van der Waals surface area contributed by atoms with E-state index >= 15 is 0 Å². The highest BCUT2D eigenvalue weighted by atomic mass is 35.5. The van der Waals surface area contributed by atoms with Gasteiger partial charge in [0.25, 0.3) is 0 Å². The zero-order valence-electron chi connectivity index (χ0n) is 12.2. The molecule has 0 aliphatic carbocycles. The van der Waals surface area contributed by atoms with Crippen molar-refractivity contribution in [3.63, 3.8) is 0 Å². The number of hydrogen-bond acceptors (Lipinski definition) is 1. The second kappa shape index (κ2) is 6.41. The summed E-state index contributed by atoms with van der Waals surface area (Å²) in [4.78, 5) is 4.31. The Morgan fingerprint density at radius 3 is 2.33 bits per heavy atom. The number of rotatable bonds is 3. The van der Waals surface area contributed by atoms with Gasteiger partial charge in [-0.05, 0) is 43.2 Å². The second-order valence-corrected chi connectivity index (χ2v) is 5.80. The third kappa shape index (κ3) is 3.93. The van der Waals surface area contributed by atoms with Crippen molar-refractivity contribution in [3.8, 4) is 0 Å². The fraction of sp³-hybridized carbons (Fsp3) is 0.267. The van der Waals surface area contributed by atoms with Crippen LogP contribution < -0.4 is 11.1 Å². The van der Waals surface area contributed by atoms with Gasteiger partial charge in [0.1, 0.15) is 5.15 Å². The minimum absolute atomic E-state index is 0.355. The minimum Gasteiger partial charge on any atom is -0.370 e. The lowest BCUT2D eigenvalue weighted by atomic mass is 10.1. The van der Waals surface area contributed by atoms with Crippen molar-refractivity contribution in [1.29, 1.82) is 0 Å². The van der Waals surface area contributed by atoms with E-state index in [2.05, 4.69) is 16.4 Å². The third-order valence-corrected chi connectivity index (χ3v) is 3.96. The van der Waals surface area contributed by atoms with Crippen LogP contribution in [0.25, 0.3) is 0 Å². The van der Waals surface area contributed by atoms with E-state index < -0.39 is 0 Å². The number of hydrogen-bond donors (Lipinski definition) is 2. The Bertz CT molecular complexity index is 669. The summed E-state index contributed by atoms with van der Waals surface area (Å²) in [5.41, 5.74) is 10.1. The van der Waals surface area contributed by atoms with E-state index in [9.17, 15) is 0 Å². The average Bonchev–Trinajstić information content (AvgIpc) is 2.62. The van der Waals surface area contributed by atoms with Crippen LogP contribution in [-0.4, -0.2) is 10.5 Å². The molecule has 0 radical (unpaired) electrons. The van der Waals surface area contributed by atoms with E-state index in [0.29, 0.717) is 22.7 Å². The van der Waals surface area contributed by atoms with Gasteiger partial charge in [-0.15, -0.1) is 0 Å². The Morgan fingerprint density at radius 2 is 1.81 bits per heavy atom. The van der Waals surface area contributed by atoms with E-state index in [1.807, 2.05) is 33.0 Å². The summed E-state index contributed by atoms with van der Waals surface area (Å²) < 4.78 is 1.79. The molecule has 0 fully saturated rings. The van der Waals surface area contributed by atoms with Crippen LogP contribution in [0.15, 0.2) is 29.3 Å². The van der Waals surface area contributed by atoms with E-state index in [0.717, 1.165) is 11.4 Å². The maximum atomic E-state index is 6.01. The highest BCUT2D eigenvalue weighted by Gasteiger charge is 2.08. The predicted molar refractivity (Wildman–Crippen MR) is 90.3 cm³/mol. The minimum atomic E-state index is 0.355. The van der Waals surface area contributed by atoms with Gasteiger partial charge in [0, 0.05) is 18.4 Å². The first kappa shape index (κ1) is 15.7. The van der Waals surface area contributed by atoms with Crippen molar-refractivity contribution >= 4 is 34.8 Å². The van der Waals surface area contributed by atoms with Gasteiger partial charge in [0.2, 0.25) is 0 Å². The lowest BCUT2D eigenvalue weighted by Crippen LogP contribution is -2.22. The van der Waals surface area contributed by atoms with Crippen LogP contribution in [0.4, 0.5) is 5.69 Å². The van der Waals surface area contributed by atoms with E-state index in [1.54, 1.807) is 10.6 Å². The topological polar surface area (TPSA) is 55.3 Å².